The normalized spacial score (nSPS) is 14.2. The zero-order chi connectivity index (χ0) is 15.5. The number of benzene rings is 1. The number of carbonyl (C=O) groups excluding carboxylic acids is 2. The maximum Gasteiger partial charge on any atom is 0.344 e. The largest absolute Gasteiger partial charge is 0.457 e. The highest BCUT2D eigenvalue weighted by Crippen LogP contribution is 2.22. The first kappa shape index (κ1) is 15.5. The molecule has 0 aliphatic heterocycles. The molecule has 1 aliphatic carbocycles. The van der Waals surface area contributed by atoms with Crippen LogP contribution in [0.3, 0.4) is 0 Å². The molecule has 4 nitrogen and oxygen atoms in total. The Balaban J connectivity index is 1.93. The summed E-state index contributed by atoms with van der Waals surface area (Å²) in [6.07, 6.45) is 4.43. The molecule has 0 atom stereocenters. The van der Waals surface area contributed by atoms with E-state index in [9.17, 15) is 9.59 Å². The Labute approximate surface area is 125 Å². The van der Waals surface area contributed by atoms with Crippen molar-refractivity contribution in [3.63, 3.8) is 0 Å². The minimum absolute atomic E-state index is 0.354. The molecule has 0 bridgehead atoms. The number of fused-ring (bicyclic) bond motifs is 1. The van der Waals surface area contributed by atoms with E-state index in [1.807, 2.05) is 12.1 Å². The van der Waals surface area contributed by atoms with Crippen molar-refractivity contribution in [1.29, 1.82) is 0 Å². The molecule has 1 aromatic carbocycles. The van der Waals surface area contributed by atoms with Crippen molar-refractivity contribution in [3.05, 3.63) is 34.9 Å². The lowest BCUT2D eigenvalue weighted by atomic mass is 9.90. The summed E-state index contributed by atoms with van der Waals surface area (Å²) in [6.45, 7) is 4.97. The molecule has 0 heterocycles. The van der Waals surface area contributed by atoms with Crippen molar-refractivity contribution in [2.45, 2.75) is 52.1 Å². The lowest BCUT2D eigenvalue weighted by Crippen LogP contribution is -2.27. The molecule has 0 radical (unpaired) electrons. The van der Waals surface area contributed by atoms with E-state index in [0.29, 0.717) is 5.56 Å². The van der Waals surface area contributed by atoms with Gasteiger partial charge in [-0.2, -0.15) is 0 Å². The van der Waals surface area contributed by atoms with Gasteiger partial charge in [-0.15, -0.1) is 0 Å². The van der Waals surface area contributed by atoms with Crippen LogP contribution in [-0.4, -0.2) is 24.1 Å². The summed E-state index contributed by atoms with van der Waals surface area (Å²) in [7, 11) is 0. The van der Waals surface area contributed by atoms with Crippen molar-refractivity contribution in [2.24, 2.45) is 0 Å². The molecule has 1 aliphatic rings. The van der Waals surface area contributed by atoms with Crippen LogP contribution in [0.2, 0.25) is 0 Å². The van der Waals surface area contributed by atoms with Crippen LogP contribution in [0.4, 0.5) is 0 Å². The van der Waals surface area contributed by atoms with Gasteiger partial charge < -0.3 is 9.47 Å². The molecule has 0 saturated carbocycles. The third kappa shape index (κ3) is 4.59. The molecule has 0 aromatic heterocycles. The molecule has 0 unspecified atom stereocenters. The van der Waals surface area contributed by atoms with Gasteiger partial charge in [0.15, 0.2) is 6.61 Å². The Morgan fingerprint density at radius 2 is 1.76 bits per heavy atom. The second kappa shape index (κ2) is 6.29. The van der Waals surface area contributed by atoms with Gasteiger partial charge in [0.05, 0.1) is 5.56 Å². The minimum Gasteiger partial charge on any atom is -0.457 e. The molecule has 0 fully saturated rings. The number of aryl methyl sites for hydroxylation is 2. The highest BCUT2D eigenvalue weighted by Gasteiger charge is 2.19. The van der Waals surface area contributed by atoms with Gasteiger partial charge >= 0.3 is 11.9 Å². The van der Waals surface area contributed by atoms with Crippen LogP contribution in [0.15, 0.2) is 18.2 Å². The average Bonchev–Trinajstić information content (AvgIpc) is 2.42. The van der Waals surface area contributed by atoms with E-state index in [0.717, 1.165) is 19.3 Å². The van der Waals surface area contributed by atoms with Gasteiger partial charge in [0.2, 0.25) is 0 Å². The Kier molecular flexibility index (Phi) is 4.66. The van der Waals surface area contributed by atoms with Gasteiger partial charge in [-0.05, 0) is 69.7 Å². The first-order valence-corrected chi connectivity index (χ1v) is 7.36. The van der Waals surface area contributed by atoms with Crippen LogP contribution >= 0.6 is 0 Å². The second-order valence-corrected chi connectivity index (χ2v) is 6.35. The Morgan fingerprint density at radius 3 is 2.43 bits per heavy atom. The van der Waals surface area contributed by atoms with Crippen molar-refractivity contribution >= 4 is 11.9 Å². The summed E-state index contributed by atoms with van der Waals surface area (Å²) in [5.41, 5.74) is 2.45. The Hall–Kier alpha value is -1.84. The summed E-state index contributed by atoms with van der Waals surface area (Å²) in [6, 6.07) is 5.63. The quantitative estimate of drug-likeness (QED) is 0.803. The van der Waals surface area contributed by atoms with Crippen LogP contribution in [0.1, 0.15) is 55.1 Å². The molecular weight excluding hydrogens is 268 g/mol. The van der Waals surface area contributed by atoms with E-state index < -0.39 is 17.5 Å². The van der Waals surface area contributed by atoms with Crippen LogP contribution < -0.4 is 0 Å². The third-order valence-corrected chi connectivity index (χ3v) is 3.33. The van der Waals surface area contributed by atoms with Crippen molar-refractivity contribution in [3.8, 4) is 0 Å². The van der Waals surface area contributed by atoms with Gasteiger partial charge in [-0.3, -0.25) is 0 Å². The third-order valence-electron chi connectivity index (χ3n) is 3.33. The zero-order valence-corrected chi connectivity index (χ0v) is 12.9. The van der Waals surface area contributed by atoms with Crippen molar-refractivity contribution in [2.75, 3.05) is 6.61 Å². The van der Waals surface area contributed by atoms with E-state index in [2.05, 4.69) is 0 Å². The van der Waals surface area contributed by atoms with Crippen LogP contribution in [0.5, 0.6) is 0 Å². The van der Waals surface area contributed by atoms with Gasteiger partial charge in [0.25, 0.3) is 0 Å². The Bertz CT molecular complexity index is 540. The molecule has 2 rings (SSSR count). The number of carbonyl (C=O) groups is 2. The van der Waals surface area contributed by atoms with E-state index in [1.165, 1.54) is 17.5 Å². The molecule has 0 amide bonds. The lowest BCUT2D eigenvalue weighted by Gasteiger charge is -2.19. The monoisotopic (exact) mass is 290 g/mol. The molecule has 114 valence electrons. The number of rotatable bonds is 3. The SMILES string of the molecule is CC(C)(C)OC(=O)COC(=O)c1ccc2c(c1)CCCC2. The van der Waals surface area contributed by atoms with Crippen molar-refractivity contribution in [1.82, 2.24) is 0 Å². The van der Waals surface area contributed by atoms with Gasteiger partial charge in [0, 0.05) is 0 Å². The number of ether oxygens (including phenoxy) is 2. The maximum atomic E-state index is 12.0. The predicted molar refractivity (Wildman–Crippen MR) is 79.2 cm³/mol. The summed E-state index contributed by atoms with van der Waals surface area (Å²) >= 11 is 0. The maximum absolute atomic E-state index is 12.0. The zero-order valence-electron chi connectivity index (χ0n) is 12.9. The number of hydrogen-bond donors (Lipinski definition) is 0. The Morgan fingerprint density at radius 1 is 1.10 bits per heavy atom. The second-order valence-electron chi connectivity index (χ2n) is 6.35. The summed E-state index contributed by atoms with van der Waals surface area (Å²) in [5, 5.41) is 0. The molecule has 4 heteroatoms. The fourth-order valence-corrected chi connectivity index (χ4v) is 2.44. The van der Waals surface area contributed by atoms with Crippen LogP contribution in [0.25, 0.3) is 0 Å². The van der Waals surface area contributed by atoms with Gasteiger partial charge in [0.1, 0.15) is 5.60 Å². The first-order valence-electron chi connectivity index (χ1n) is 7.36. The van der Waals surface area contributed by atoms with Gasteiger partial charge in [-0.1, -0.05) is 6.07 Å². The van der Waals surface area contributed by atoms with Crippen LogP contribution in [0, 0.1) is 0 Å². The van der Waals surface area contributed by atoms with E-state index in [4.69, 9.17) is 9.47 Å². The van der Waals surface area contributed by atoms with E-state index in [-0.39, 0.29) is 6.61 Å². The molecule has 0 spiro atoms. The summed E-state index contributed by atoms with van der Waals surface area (Å²) in [4.78, 5) is 23.5. The first-order chi connectivity index (χ1) is 9.85. The topological polar surface area (TPSA) is 52.6 Å². The highest BCUT2D eigenvalue weighted by atomic mass is 16.6. The fraction of sp³-hybridized carbons (Fsp3) is 0.529. The standard InChI is InChI=1S/C17H22O4/c1-17(2,3)21-15(18)11-20-16(19)14-9-8-12-6-4-5-7-13(12)10-14/h8-10H,4-7,11H2,1-3H3. The molecular formula is C17H22O4. The minimum atomic E-state index is -0.574. The fourth-order valence-electron chi connectivity index (χ4n) is 2.44. The van der Waals surface area contributed by atoms with E-state index >= 15 is 0 Å². The van der Waals surface area contributed by atoms with Gasteiger partial charge in [-0.25, -0.2) is 9.59 Å². The number of hydrogen-bond acceptors (Lipinski definition) is 4. The smallest absolute Gasteiger partial charge is 0.344 e. The molecule has 1 aromatic rings. The lowest BCUT2D eigenvalue weighted by molar-refractivity contribution is -0.158. The van der Waals surface area contributed by atoms with Crippen molar-refractivity contribution < 1.29 is 19.1 Å². The highest BCUT2D eigenvalue weighted by molar-refractivity contribution is 5.91. The molecule has 21 heavy (non-hydrogen) atoms. The van der Waals surface area contributed by atoms with Crippen LogP contribution in [-0.2, 0) is 27.1 Å². The molecule has 0 saturated heterocycles. The number of esters is 2. The summed E-state index contributed by atoms with van der Waals surface area (Å²) < 4.78 is 10.1. The predicted octanol–water partition coefficient (Wildman–Crippen LogP) is 3.06. The average molecular weight is 290 g/mol. The molecule has 0 N–H and O–H groups in total. The van der Waals surface area contributed by atoms with E-state index in [1.54, 1.807) is 26.8 Å². The summed E-state index contributed by atoms with van der Waals surface area (Å²) in [5.74, 6) is -1.01.